The first-order chi connectivity index (χ1) is 9.07. The number of nitrogens with zero attached hydrogens (tertiary/aromatic N) is 1. The molecule has 19 heavy (non-hydrogen) atoms. The highest BCUT2D eigenvalue weighted by atomic mass is 32.2. The Hall–Kier alpha value is -0.430. The fourth-order valence-corrected chi connectivity index (χ4v) is 5.18. The van der Waals surface area contributed by atoms with Crippen molar-refractivity contribution >= 4 is 21.4 Å². The molecule has 1 aliphatic rings. The molecule has 2 heterocycles. The van der Waals surface area contributed by atoms with Gasteiger partial charge in [-0.3, -0.25) is 0 Å². The highest BCUT2D eigenvalue weighted by Gasteiger charge is 2.27. The molecule has 1 atom stereocenters. The fraction of sp³-hybridized carbons (Fsp3) is 0.692. The van der Waals surface area contributed by atoms with Crippen LogP contribution in [0, 0.1) is 5.92 Å². The smallest absolute Gasteiger partial charge is 0.243 e. The Morgan fingerprint density at radius 3 is 2.84 bits per heavy atom. The summed E-state index contributed by atoms with van der Waals surface area (Å²) in [5.74, 6) is 0.669. The predicted octanol–water partition coefficient (Wildman–Crippen LogP) is 2.41. The Balaban J connectivity index is 2.15. The topological polar surface area (TPSA) is 63.4 Å². The van der Waals surface area contributed by atoms with Gasteiger partial charge in [0.25, 0.3) is 0 Å². The van der Waals surface area contributed by atoms with Crippen molar-refractivity contribution in [3.8, 4) is 0 Å². The molecule has 1 fully saturated rings. The molecule has 2 N–H and O–H groups in total. The highest BCUT2D eigenvalue weighted by Crippen LogP contribution is 2.27. The van der Waals surface area contributed by atoms with E-state index < -0.39 is 10.0 Å². The van der Waals surface area contributed by atoms with Gasteiger partial charge in [0.2, 0.25) is 10.0 Å². The van der Waals surface area contributed by atoms with Gasteiger partial charge in [-0.1, -0.05) is 13.3 Å². The predicted molar refractivity (Wildman–Crippen MR) is 78.6 cm³/mol. The third-order valence-electron chi connectivity index (χ3n) is 3.85. The standard InChI is InChI=1S/C13H22N2O2S2/c1-2-11-4-3-6-15(7-5-11)19(16,17)13-8-12(9-14)18-10-13/h8,10-11H,2-7,9,14H2,1H3. The van der Waals surface area contributed by atoms with Crippen LogP contribution in [0.3, 0.4) is 0 Å². The van der Waals surface area contributed by atoms with Crippen LogP contribution in [0.15, 0.2) is 16.3 Å². The third-order valence-corrected chi connectivity index (χ3v) is 6.84. The number of thiophene rings is 1. The summed E-state index contributed by atoms with van der Waals surface area (Å²) in [5.41, 5.74) is 5.55. The van der Waals surface area contributed by atoms with Gasteiger partial charge in [-0.05, 0) is 31.2 Å². The first-order valence-electron chi connectivity index (χ1n) is 6.85. The Morgan fingerprint density at radius 1 is 1.42 bits per heavy atom. The molecular weight excluding hydrogens is 280 g/mol. The maximum Gasteiger partial charge on any atom is 0.243 e. The zero-order valence-corrected chi connectivity index (χ0v) is 13.0. The van der Waals surface area contributed by atoms with Gasteiger partial charge in [-0.25, -0.2) is 8.42 Å². The maximum atomic E-state index is 12.6. The van der Waals surface area contributed by atoms with Crippen molar-refractivity contribution < 1.29 is 8.42 Å². The molecule has 1 aromatic heterocycles. The van der Waals surface area contributed by atoms with E-state index in [-0.39, 0.29) is 0 Å². The molecule has 1 unspecified atom stereocenters. The molecule has 1 aliphatic heterocycles. The molecule has 1 aromatic rings. The molecule has 6 heteroatoms. The minimum atomic E-state index is -3.32. The summed E-state index contributed by atoms with van der Waals surface area (Å²) >= 11 is 1.42. The minimum Gasteiger partial charge on any atom is -0.326 e. The van der Waals surface area contributed by atoms with Gasteiger partial charge in [0.05, 0.1) is 4.90 Å². The normalized spacial score (nSPS) is 22.3. The van der Waals surface area contributed by atoms with Gasteiger partial charge in [0.15, 0.2) is 0 Å². The molecule has 1 saturated heterocycles. The summed E-state index contributed by atoms with van der Waals surface area (Å²) in [4.78, 5) is 1.33. The van der Waals surface area contributed by atoms with E-state index in [0.717, 1.165) is 30.6 Å². The molecule has 108 valence electrons. The van der Waals surface area contributed by atoms with Crippen molar-refractivity contribution in [2.75, 3.05) is 13.1 Å². The molecule has 0 aromatic carbocycles. The minimum absolute atomic E-state index is 0.401. The summed E-state index contributed by atoms with van der Waals surface area (Å²) < 4.78 is 26.8. The Kier molecular flexibility index (Phi) is 5.00. The lowest BCUT2D eigenvalue weighted by Crippen LogP contribution is -2.31. The second-order valence-corrected chi connectivity index (χ2v) is 8.00. The second kappa shape index (κ2) is 6.35. The quantitative estimate of drug-likeness (QED) is 0.929. The SMILES string of the molecule is CCC1CCCN(S(=O)(=O)c2csc(CN)c2)CC1. The van der Waals surface area contributed by atoms with Gasteiger partial charge in [-0.15, -0.1) is 11.3 Å². The van der Waals surface area contributed by atoms with Crippen LogP contribution in [-0.4, -0.2) is 25.8 Å². The number of nitrogens with two attached hydrogens (primary N) is 1. The van der Waals surface area contributed by atoms with Gasteiger partial charge in [-0.2, -0.15) is 4.31 Å². The second-order valence-electron chi connectivity index (χ2n) is 5.06. The van der Waals surface area contributed by atoms with Crippen molar-refractivity contribution in [2.45, 2.75) is 44.0 Å². The van der Waals surface area contributed by atoms with Gasteiger partial charge in [0, 0.05) is 29.9 Å². The van der Waals surface area contributed by atoms with E-state index in [0.29, 0.717) is 30.4 Å². The number of hydrogen-bond donors (Lipinski definition) is 1. The van der Waals surface area contributed by atoms with Gasteiger partial charge in [0.1, 0.15) is 0 Å². The maximum absolute atomic E-state index is 12.6. The van der Waals surface area contributed by atoms with E-state index in [9.17, 15) is 8.42 Å². The monoisotopic (exact) mass is 302 g/mol. The van der Waals surface area contributed by atoms with Crippen molar-refractivity contribution in [1.29, 1.82) is 0 Å². The van der Waals surface area contributed by atoms with Crippen LogP contribution in [0.2, 0.25) is 0 Å². The molecule has 2 rings (SSSR count). The van der Waals surface area contributed by atoms with E-state index in [1.165, 1.54) is 11.3 Å². The lowest BCUT2D eigenvalue weighted by molar-refractivity contribution is 0.407. The Bertz CT molecular complexity index is 510. The van der Waals surface area contributed by atoms with E-state index in [4.69, 9.17) is 5.73 Å². The van der Waals surface area contributed by atoms with Crippen LogP contribution in [-0.2, 0) is 16.6 Å². The van der Waals surface area contributed by atoms with E-state index in [1.54, 1.807) is 15.8 Å². The molecule has 0 aliphatic carbocycles. The van der Waals surface area contributed by atoms with Crippen LogP contribution in [0.4, 0.5) is 0 Å². The van der Waals surface area contributed by atoms with Crippen LogP contribution in [0.5, 0.6) is 0 Å². The lowest BCUT2D eigenvalue weighted by Gasteiger charge is -2.19. The molecule has 4 nitrogen and oxygen atoms in total. The summed E-state index contributed by atoms with van der Waals surface area (Å²) in [6, 6.07) is 1.71. The molecule has 0 saturated carbocycles. The number of sulfonamides is 1. The van der Waals surface area contributed by atoms with Crippen LogP contribution in [0.1, 0.15) is 37.5 Å². The molecule has 0 spiro atoms. The summed E-state index contributed by atoms with van der Waals surface area (Å²) in [7, 11) is -3.32. The third kappa shape index (κ3) is 3.37. The lowest BCUT2D eigenvalue weighted by atomic mass is 9.98. The van der Waals surface area contributed by atoms with Crippen LogP contribution < -0.4 is 5.73 Å². The van der Waals surface area contributed by atoms with E-state index in [2.05, 4.69) is 6.92 Å². The molecule has 0 radical (unpaired) electrons. The van der Waals surface area contributed by atoms with E-state index >= 15 is 0 Å². The van der Waals surface area contributed by atoms with Gasteiger partial charge >= 0.3 is 0 Å². The Morgan fingerprint density at radius 2 is 2.21 bits per heavy atom. The first-order valence-corrected chi connectivity index (χ1v) is 9.17. The van der Waals surface area contributed by atoms with Crippen LogP contribution >= 0.6 is 11.3 Å². The molecular formula is C13H22N2O2S2. The summed E-state index contributed by atoms with van der Waals surface area (Å²) in [5, 5.41) is 1.71. The van der Waals surface area contributed by atoms with Gasteiger partial charge < -0.3 is 5.73 Å². The first kappa shape index (κ1) is 15.0. The van der Waals surface area contributed by atoms with E-state index in [1.807, 2.05) is 0 Å². The van der Waals surface area contributed by atoms with Crippen molar-refractivity contribution in [2.24, 2.45) is 11.7 Å². The average Bonchev–Trinajstić information content (AvgIpc) is 2.76. The highest BCUT2D eigenvalue weighted by molar-refractivity contribution is 7.89. The largest absolute Gasteiger partial charge is 0.326 e. The Labute approximate surface area is 119 Å². The summed E-state index contributed by atoms with van der Waals surface area (Å²) in [6.07, 6.45) is 4.22. The number of hydrogen-bond acceptors (Lipinski definition) is 4. The average molecular weight is 302 g/mol. The number of rotatable bonds is 4. The van der Waals surface area contributed by atoms with Crippen LogP contribution in [0.25, 0.3) is 0 Å². The van der Waals surface area contributed by atoms with Crippen molar-refractivity contribution in [1.82, 2.24) is 4.31 Å². The molecule has 0 bridgehead atoms. The summed E-state index contributed by atoms with van der Waals surface area (Å²) in [6.45, 7) is 3.88. The zero-order chi connectivity index (χ0) is 13.9. The van der Waals surface area contributed by atoms with Crippen molar-refractivity contribution in [3.63, 3.8) is 0 Å². The fourth-order valence-electron chi connectivity index (χ4n) is 2.54. The van der Waals surface area contributed by atoms with Crippen molar-refractivity contribution in [3.05, 3.63) is 16.3 Å². The molecule has 0 amide bonds. The zero-order valence-electron chi connectivity index (χ0n) is 11.3.